The lowest BCUT2D eigenvalue weighted by molar-refractivity contribution is -0.120. The quantitative estimate of drug-likeness (QED) is 0.863. The zero-order chi connectivity index (χ0) is 18.4. The standard InChI is InChI=1S/C18H16N4O3S/c19-11-14-10-18(15-8-4-5-9-16(15)20-17(18)23)12-22(14)26(24,25)21-13-6-2-1-3-7-13/h1-9,14,21H,10,12H2,(H,20,23)/t14-,18-/m0/s1. The number of fused-ring (bicyclic) bond motifs is 2. The molecule has 2 aromatic rings. The molecule has 0 unspecified atom stereocenters. The largest absolute Gasteiger partial charge is 0.325 e. The minimum absolute atomic E-state index is 0.0732. The molecule has 26 heavy (non-hydrogen) atoms. The van der Waals surface area contributed by atoms with Crippen LogP contribution < -0.4 is 10.0 Å². The van der Waals surface area contributed by atoms with E-state index in [1.807, 2.05) is 18.2 Å². The molecule has 1 spiro atoms. The summed E-state index contributed by atoms with van der Waals surface area (Å²) in [5.74, 6) is -0.267. The maximum Gasteiger partial charge on any atom is 0.302 e. The van der Waals surface area contributed by atoms with Crippen LogP contribution in [0.15, 0.2) is 54.6 Å². The molecular formula is C18H16N4O3S. The number of hydrogen-bond acceptors (Lipinski definition) is 4. The number of rotatable bonds is 3. The molecule has 1 saturated heterocycles. The van der Waals surface area contributed by atoms with Crippen LogP contribution in [0, 0.1) is 11.3 Å². The van der Waals surface area contributed by atoms with Gasteiger partial charge in [-0.3, -0.25) is 9.52 Å². The molecule has 0 saturated carbocycles. The fraction of sp³-hybridized carbons (Fsp3) is 0.222. The van der Waals surface area contributed by atoms with Crippen molar-refractivity contribution >= 4 is 27.5 Å². The van der Waals surface area contributed by atoms with Crippen molar-refractivity contribution in [3.05, 3.63) is 60.2 Å². The molecule has 2 heterocycles. The zero-order valence-electron chi connectivity index (χ0n) is 13.7. The summed E-state index contributed by atoms with van der Waals surface area (Å²) < 4.78 is 29.3. The van der Waals surface area contributed by atoms with Crippen molar-refractivity contribution in [2.45, 2.75) is 17.9 Å². The molecule has 0 aromatic heterocycles. The molecule has 2 N–H and O–H groups in total. The summed E-state index contributed by atoms with van der Waals surface area (Å²) in [6, 6.07) is 16.8. The maximum absolute atomic E-state index is 12.9. The van der Waals surface area contributed by atoms with E-state index >= 15 is 0 Å². The highest BCUT2D eigenvalue weighted by molar-refractivity contribution is 7.90. The molecule has 4 rings (SSSR count). The first-order valence-electron chi connectivity index (χ1n) is 8.11. The van der Waals surface area contributed by atoms with Crippen LogP contribution in [0.4, 0.5) is 11.4 Å². The van der Waals surface area contributed by atoms with Gasteiger partial charge in [-0.05, 0) is 30.2 Å². The van der Waals surface area contributed by atoms with Crippen molar-refractivity contribution in [1.82, 2.24) is 4.31 Å². The highest BCUT2D eigenvalue weighted by atomic mass is 32.2. The van der Waals surface area contributed by atoms with Crippen molar-refractivity contribution in [1.29, 1.82) is 5.26 Å². The van der Waals surface area contributed by atoms with Crippen LogP contribution in [0.25, 0.3) is 0 Å². The van der Waals surface area contributed by atoms with E-state index in [0.717, 1.165) is 9.87 Å². The Morgan fingerprint density at radius 3 is 2.58 bits per heavy atom. The van der Waals surface area contributed by atoms with Crippen LogP contribution >= 0.6 is 0 Å². The fourth-order valence-electron chi connectivity index (χ4n) is 3.68. The molecule has 0 radical (unpaired) electrons. The highest BCUT2D eigenvalue weighted by Crippen LogP contribution is 2.46. The van der Waals surface area contributed by atoms with Crippen LogP contribution in [-0.2, 0) is 20.4 Å². The molecule has 7 nitrogen and oxygen atoms in total. The molecule has 2 atom stereocenters. The van der Waals surface area contributed by atoms with Crippen LogP contribution in [-0.4, -0.2) is 31.2 Å². The van der Waals surface area contributed by atoms with Crippen LogP contribution in [0.1, 0.15) is 12.0 Å². The smallest absolute Gasteiger partial charge is 0.302 e. The van der Waals surface area contributed by atoms with E-state index in [-0.39, 0.29) is 18.9 Å². The number of carbonyl (C=O) groups excluding carboxylic acids is 1. The van der Waals surface area contributed by atoms with Gasteiger partial charge in [0.2, 0.25) is 5.91 Å². The van der Waals surface area contributed by atoms with Crippen molar-refractivity contribution in [3.8, 4) is 6.07 Å². The monoisotopic (exact) mass is 368 g/mol. The molecule has 8 heteroatoms. The molecule has 0 bridgehead atoms. The molecule has 2 aliphatic heterocycles. The van der Waals surface area contributed by atoms with E-state index in [2.05, 4.69) is 10.0 Å². The Kier molecular flexibility index (Phi) is 3.72. The third kappa shape index (κ3) is 2.44. The topological polar surface area (TPSA) is 102 Å². The average Bonchev–Trinajstić information content (AvgIpc) is 3.16. The van der Waals surface area contributed by atoms with Gasteiger partial charge in [-0.15, -0.1) is 0 Å². The predicted octanol–water partition coefficient (Wildman–Crippen LogP) is 1.83. The summed E-state index contributed by atoms with van der Waals surface area (Å²) in [7, 11) is -3.98. The number of benzene rings is 2. The first-order valence-corrected chi connectivity index (χ1v) is 9.55. The van der Waals surface area contributed by atoms with E-state index in [9.17, 15) is 18.5 Å². The Morgan fingerprint density at radius 2 is 1.85 bits per heavy atom. The van der Waals surface area contributed by atoms with E-state index in [1.54, 1.807) is 42.5 Å². The molecule has 1 amide bonds. The van der Waals surface area contributed by atoms with Gasteiger partial charge in [-0.2, -0.15) is 18.0 Å². The molecule has 2 aromatic carbocycles. The Hall–Kier alpha value is -2.89. The van der Waals surface area contributed by atoms with Crippen molar-refractivity contribution in [3.63, 3.8) is 0 Å². The van der Waals surface area contributed by atoms with Gasteiger partial charge in [0.15, 0.2) is 0 Å². The normalized spacial score (nSPS) is 24.9. The molecule has 132 valence electrons. The SMILES string of the molecule is N#C[C@@H]1C[C@@]2(CN1S(=O)(=O)Nc1ccccc1)C(=O)Nc1ccccc12. The second kappa shape index (κ2) is 5.83. The number of nitriles is 1. The molecular weight excluding hydrogens is 352 g/mol. The minimum Gasteiger partial charge on any atom is -0.325 e. The number of nitrogens with one attached hydrogen (secondary N) is 2. The third-order valence-corrected chi connectivity index (χ3v) is 6.41. The van der Waals surface area contributed by atoms with E-state index in [1.165, 1.54) is 0 Å². The number of hydrogen-bond donors (Lipinski definition) is 2. The van der Waals surface area contributed by atoms with Crippen LogP contribution in [0.3, 0.4) is 0 Å². The lowest BCUT2D eigenvalue weighted by atomic mass is 9.80. The summed E-state index contributed by atoms with van der Waals surface area (Å²) >= 11 is 0. The summed E-state index contributed by atoms with van der Waals surface area (Å²) in [6.45, 7) is -0.0732. The summed E-state index contributed by atoms with van der Waals surface area (Å²) in [6.07, 6.45) is 0.127. The number of carbonyl (C=O) groups is 1. The Balaban J connectivity index is 1.71. The Morgan fingerprint density at radius 1 is 1.15 bits per heavy atom. The summed E-state index contributed by atoms with van der Waals surface area (Å²) in [5, 5.41) is 12.3. The van der Waals surface area contributed by atoms with Crippen molar-refractivity contribution in [2.75, 3.05) is 16.6 Å². The lowest BCUT2D eigenvalue weighted by Gasteiger charge is -2.23. The van der Waals surface area contributed by atoms with Gasteiger partial charge in [0.05, 0.1) is 11.5 Å². The summed E-state index contributed by atoms with van der Waals surface area (Å²) in [4.78, 5) is 12.7. The molecule has 0 aliphatic carbocycles. The van der Waals surface area contributed by atoms with Gasteiger partial charge in [-0.25, -0.2) is 0 Å². The second-order valence-corrected chi connectivity index (χ2v) is 8.07. The van der Waals surface area contributed by atoms with E-state index < -0.39 is 21.7 Å². The van der Waals surface area contributed by atoms with Gasteiger partial charge < -0.3 is 5.32 Å². The number of amides is 1. The number of nitrogens with zero attached hydrogens (tertiary/aromatic N) is 2. The van der Waals surface area contributed by atoms with Crippen molar-refractivity contribution in [2.24, 2.45) is 0 Å². The average molecular weight is 368 g/mol. The Bertz CT molecular complexity index is 1020. The van der Waals surface area contributed by atoms with Crippen LogP contribution in [0.5, 0.6) is 0 Å². The molecule has 2 aliphatic rings. The van der Waals surface area contributed by atoms with E-state index in [4.69, 9.17) is 0 Å². The summed E-state index contributed by atoms with van der Waals surface area (Å²) in [5.41, 5.74) is 0.774. The zero-order valence-corrected chi connectivity index (χ0v) is 14.5. The lowest BCUT2D eigenvalue weighted by Crippen LogP contribution is -2.42. The molecule has 1 fully saturated rings. The van der Waals surface area contributed by atoms with Gasteiger partial charge >= 0.3 is 10.2 Å². The van der Waals surface area contributed by atoms with Gasteiger partial charge in [0, 0.05) is 17.9 Å². The van der Waals surface area contributed by atoms with Crippen LogP contribution in [0.2, 0.25) is 0 Å². The first kappa shape index (κ1) is 16.6. The number of para-hydroxylation sites is 2. The fourth-order valence-corrected chi connectivity index (χ4v) is 5.08. The number of anilines is 2. The minimum atomic E-state index is -3.98. The Labute approximate surface area is 151 Å². The van der Waals surface area contributed by atoms with Gasteiger partial charge in [0.25, 0.3) is 0 Å². The maximum atomic E-state index is 12.9. The second-order valence-electron chi connectivity index (χ2n) is 6.45. The first-order chi connectivity index (χ1) is 12.5. The van der Waals surface area contributed by atoms with Gasteiger partial charge in [0.1, 0.15) is 6.04 Å². The van der Waals surface area contributed by atoms with E-state index in [0.29, 0.717) is 11.4 Å². The van der Waals surface area contributed by atoms with Gasteiger partial charge in [-0.1, -0.05) is 36.4 Å². The predicted molar refractivity (Wildman–Crippen MR) is 96.5 cm³/mol. The highest BCUT2D eigenvalue weighted by Gasteiger charge is 2.57. The van der Waals surface area contributed by atoms with Crippen molar-refractivity contribution < 1.29 is 13.2 Å². The third-order valence-electron chi connectivity index (χ3n) is 4.92.